The van der Waals surface area contributed by atoms with Crippen molar-refractivity contribution in [2.45, 2.75) is 44.6 Å². The Balaban J connectivity index is 1.87. The Morgan fingerprint density at radius 1 is 1.22 bits per heavy atom. The van der Waals surface area contributed by atoms with E-state index in [1.807, 2.05) is 0 Å². The molecule has 3 rings (SSSR count). The molecule has 1 amide bonds. The summed E-state index contributed by atoms with van der Waals surface area (Å²) in [5.74, 6) is -0.208. The number of rotatable bonds is 4. The van der Waals surface area contributed by atoms with Gasteiger partial charge in [0.15, 0.2) is 5.69 Å². The van der Waals surface area contributed by atoms with Crippen LogP contribution in [0.5, 0.6) is 0 Å². The molecule has 0 radical (unpaired) electrons. The summed E-state index contributed by atoms with van der Waals surface area (Å²) in [4.78, 5) is 12.2. The van der Waals surface area contributed by atoms with Crippen LogP contribution >= 0.6 is 0 Å². The lowest BCUT2D eigenvalue weighted by atomic mass is 10.0. The number of morpholine rings is 1. The minimum Gasteiger partial charge on any atom is -0.366 e. The molecule has 2 fully saturated rings. The first-order valence-corrected chi connectivity index (χ1v) is 9.00. The van der Waals surface area contributed by atoms with Crippen LogP contribution in [0.25, 0.3) is 0 Å². The van der Waals surface area contributed by atoms with Crippen molar-refractivity contribution in [1.29, 1.82) is 0 Å². The summed E-state index contributed by atoms with van der Waals surface area (Å²) >= 11 is 0. The second-order valence-electron chi connectivity index (χ2n) is 7.17. The van der Waals surface area contributed by atoms with Crippen molar-refractivity contribution in [3.63, 3.8) is 0 Å². The fourth-order valence-corrected chi connectivity index (χ4v) is 3.68. The largest absolute Gasteiger partial charge is 0.416 e. The maximum atomic E-state index is 15.1. The van der Waals surface area contributed by atoms with E-state index in [1.54, 1.807) is 0 Å². The molecule has 4 nitrogen and oxygen atoms in total. The van der Waals surface area contributed by atoms with Gasteiger partial charge in [-0.1, -0.05) is 17.5 Å². The van der Waals surface area contributed by atoms with E-state index < -0.39 is 47.5 Å². The van der Waals surface area contributed by atoms with Gasteiger partial charge in [-0.2, -0.15) is 17.6 Å². The van der Waals surface area contributed by atoms with Crippen LogP contribution in [-0.4, -0.2) is 32.0 Å². The van der Waals surface area contributed by atoms with Crippen molar-refractivity contribution in [2.75, 3.05) is 25.1 Å². The normalized spacial score (nSPS) is 26.9. The third-order valence-corrected chi connectivity index (χ3v) is 5.17. The van der Waals surface area contributed by atoms with Crippen LogP contribution in [0.1, 0.15) is 37.7 Å². The zero-order valence-corrected chi connectivity index (χ0v) is 14.7. The van der Waals surface area contributed by atoms with E-state index in [1.165, 1.54) is 0 Å². The number of alkyl halides is 4. The summed E-state index contributed by atoms with van der Waals surface area (Å²) in [5, 5.41) is 2.42. The third kappa shape index (κ3) is 4.57. The monoisotopic (exact) mass is 393 g/mol. The molecule has 1 saturated carbocycles. The Kier molecular flexibility index (Phi) is 5.71. The van der Waals surface area contributed by atoms with E-state index in [4.69, 9.17) is 4.74 Å². The minimum atomic E-state index is -4.75. The number of quaternary nitrogens is 1. The molecule has 27 heavy (non-hydrogen) atoms. The maximum absolute atomic E-state index is 15.1. The topological polar surface area (TPSA) is 38.3 Å². The number of nitrogens with zero attached hydrogens (tertiary/aromatic N) is 1. The van der Waals surface area contributed by atoms with Gasteiger partial charge in [-0.3, -0.25) is 4.79 Å². The zero-order chi connectivity index (χ0) is 19.7. The van der Waals surface area contributed by atoms with Crippen LogP contribution in [0.3, 0.4) is 0 Å². The van der Waals surface area contributed by atoms with Crippen LogP contribution in [0.4, 0.5) is 33.4 Å². The SMILES string of the molecule is O=C(CC1CCCC1)Nc1cc(C(F)(F)F)cc([N+]2(F)CCOCC2F)c1. The van der Waals surface area contributed by atoms with Crippen molar-refractivity contribution in [1.82, 2.24) is 4.71 Å². The van der Waals surface area contributed by atoms with E-state index >= 15 is 4.48 Å². The molecule has 1 aliphatic heterocycles. The molecule has 1 heterocycles. The molecule has 1 aromatic carbocycles. The number of hydrogen-bond acceptors (Lipinski definition) is 2. The smallest absolute Gasteiger partial charge is 0.366 e. The number of carbonyl (C=O) groups excluding carboxylic acids is 1. The minimum absolute atomic E-state index is 0.115. The Hall–Kier alpha value is -1.74. The summed E-state index contributed by atoms with van der Waals surface area (Å²) in [6, 6.07) is 2.40. The first-order chi connectivity index (χ1) is 12.7. The molecule has 1 N–H and O–H groups in total. The highest BCUT2D eigenvalue weighted by Gasteiger charge is 2.46. The van der Waals surface area contributed by atoms with Gasteiger partial charge in [0.2, 0.25) is 5.91 Å². The highest BCUT2D eigenvalue weighted by Crippen LogP contribution is 2.39. The summed E-state index contributed by atoms with van der Waals surface area (Å²) in [6.45, 7) is -1.11. The van der Waals surface area contributed by atoms with Crippen LogP contribution in [0, 0.1) is 5.92 Å². The first-order valence-electron chi connectivity index (χ1n) is 9.00. The molecule has 2 atom stereocenters. The number of ether oxygens (including phenoxy) is 1. The highest BCUT2D eigenvalue weighted by molar-refractivity contribution is 5.91. The van der Waals surface area contributed by atoms with Gasteiger partial charge in [-0.05, 0) is 24.8 Å². The molecule has 2 unspecified atom stereocenters. The second-order valence-corrected chi connectivity index (χ2v) is 7.17. The van der Waals surface area contributed by atoms with Crippen molar-refractivity contribution in [2.24, 2.45) is 5.92 Å². The molecule has 2 aliphatic rings. The van der Waals surface area contributed by atoms with Gasteiger partial charge in [0.05, 0.1) is 5.56 Å². The molecule has 150 valence electrons. The Labute approximate surface area is 153 Å². The molecule has 9 heteroatoms. The van der Waals surface area contributed by atoms with Crippen LogP contribution in [0.15, 0.2) is 18.2 Å². The van der Waals surface area contributed by atoms with E-state index in [9.17, 15) is 22.4 Å². The predicted molar refractivity (Wildman–Crippen MR) is 90.1 cm³/mol. The van der Waals surface area contributed by atoms with Gasteiger partial charge in [0, 0.05) is 28.7 Å². The van der Waals surface area contributed by atoms with Crippen LogP contribution < -0.4 is 10.0 Å². The standard InChI is InChI=1S/C18H21F5N2O2/c19-16-11-27-6-5-25(16,23)15-9-13(18(20,21)22)8-14(10-15)24-17(26)7-12-3-1-2-4-12/h8-10,12,16H,1-7,11H2/p+1. The third-order valence-electron chi connectivity index (χ3n) is 5.17. The fourth-order valence-electron chi connectivity index (χ4n) is 3.68. The lowest BCUT2D eigenvalue weighted by Gasteiger charge is -2.32. The number of hydrogen-bond donors (Lipinski definition) is 1. The lowest BCUT2D eigenvalue weighted by Crippen LogP contribution is -2.55. The average Bonchev–Trinajstić information content (AvgIpc) is 3.09. The molecule has 0 spiro atoms. The molecular formula is C18H22F5N2O2+. The van der Waals surface area contributed by atoms with Crippen molar-refractivity contribution in [3.05, 3.63) is 23.8 Å². The van der Waals surface area contributed by atoms with Gasteiger partial charge >= 0.3 is 6.18 Å². The average molecular weight is 393 g/mol. The van der Waals surface area contributed by atoms with E-state index in [0.29, 0.717) is 6.07 Å². The van der Waals surface area contributed by atoms with Gasteiger partial charge < -0.3 is 10.1 Å². The maximum Gasteiger partial charge on any atom is 0.416 e. The van der Waals surface area contributed by atoms with Crippen LogP contribution in [0.2, 0.25) is 0 Å². The summed E-state index contributed by atoms with van der Waals surface area (Å²) in [6.07, 6.45) is -2.78. The van der Waals surface area contributed by atoms with Crippen molar-refractivity contribution >= 4 is 17.3 Å². The first kappa shape index (κ1) is 20.0. The van der Waals surface area contributed by atoms with E-state index in [0.717, 1.165) is 37.8 Å². The van der Waals surface area contributed by atoms with Gasteiger partial charge in [0.1, 0.15) is 19.8 Å². The molecule has 1 aromatic rings. The number of nitrogens with one attached hydrogen (secondary N) is 1. The molecule has 1 saturated heterocycles. The quantitative estimate of drug-likeness (QED) is 0.456. The number of halogens is 5. The number of amides is 1. The Morgan fingerprint density at radius 2 is 1.93 bits per heavy atom. The fraction of sp³-hybridized carbons (Fsp3) is 0.611. The van der Waals surface area contributed by atoms with Crippen molar-refractivity contribution < 1.29 is 31.6 Å². The number of anilines is 1. The molecule has 0 aromatic heterocycles. The number of carbonyl (C=O) groups is 1. The second kappa shape index (κ2) is 7.71. The van der Waals surface area contributed by atoms with Gasteiger partial charge in [-0.25, -0.2) is 0 Å². The Bertz CT molecular complexity index is 691. The van der Waals surface area contributed by atoms with E-state index in [2.05, 4.69) is 5.32 Å². The highest BCUT2D eigenvalue weighted by atomic mass is 19.4. The van der Waals surface area contributed by atoms with Crippen LogP contribution in [-0.2, 0) is 15.7 Å². The summed E-state index contributed by atoms with van der Waals surface area (Å²) in [7, 11) is 0. The lowest BCUT2D eigenvalue weighted by molar-refractivity contribution is -0.149. The van der Waals surface area contributed by atoms with Crippen molar-refractivity contribution in [3.8, 4) is 0 Å². The van der Waals surface area contributed by atoms with Gasteiger partial charge in [0.25, 0.3) is 6.30 Å². The summed E-state index contributed by atoms with van der Waals surface area (Å²) in [5.41, 5.74) is -1.81. The van der Waals surface area contributed by atoms with Gasteiger partial charge in [-0.15, -0.1) is 0 Å². The Morgan fingerprint density at radius 3 is 2.56 bits per heavy atom. The number of benzene rings is 1. The van der Waals surface area contributed by atoms with E-state index in [-0.39, 0.29) is 24.6 Å². The molecule has 1 aliphatic carbocycles. The predicted octanol–water partition coefficient (Wildman–Crippen LogP) is 4.74. The zero-order valence-electron chi connectivity index (χ0n) is 14.7. The molecule has 0 bridgehead atoms. The molecular weight excluding hydrogens is 371 g/mol. The summed E-state index contributed by atoms with van der Waals surface area (Å²) < 4.78 is 72.0.